The Labute approximate surface area is 160 Å². The first kappa shape index (κ1) is 20.5. The number of hydrogen-bond acceptors (Lipinski definition) is 4. The van der Waals surface area contributed by atoms with E-state index in [1.165, 1.54) is 32.8 Å². The van der Waals surface area contributed by atoms with E-state index in [1.807, 2.05) is 0 Å². The second-order valence-electron chi connectivity index (χ2n) is 6.28. The summed E-state index contributed by atoms with van der Waals surface area (Å²) in [6.45, 7) is 2.88. The molecule has 0 bridgehead atoms. The summed E-state index contributed by atoms with van der Waals surface area (Å²) in [7, 11) is 1.31. The van der Waals surface area contributed by atoms with Crippen LogP contribution >= 0.6 is 0 Å². The van der Waals surface area contributed by atoms with Crippen molar-refractivity contribution in [3.05, 3.63) is 59.7 Å². The maximum atomic E-state index is 12.4. The molecule has 2 aromatic carbocycles. The third-order valence-corrected chi connectivity index (χ3v) is 4.21. The summed E-state index contributed by atoms with van der Waals surface area (Å²) in [5.74, 6) is -0.0388. The molecule has 5 heteroatoms. The Morgan fingerprint density at radius 1 is 0.926 bits per heavy atom. The van der Waals surface area contributed by atoms with Gasteiger partial charge in [-0.25, -0.2) is 4.79 Å². The lowest BCUT2D eigenvalue weighted by atomic mass is 10.1. The molecule has 0 spiro atoms. The number of carbonyl (C=O) groups is 2. The number of methoxy groups -OCH3 is 1. The average Bonchev–Trinajstić information content (AvgIpc) is 2.71. The van der Waals surface area contributed by atoms with E-state index in [4.69, 9.17) is 9.47 Å². The van der Waals surface area contributed by atoms with Crippen LogP contribution in [0.25, 0.3) is 0 Å². The van der Waals surface area contributed by atoms with Crippen molar-refractivity contribution in [1.29, 1.82) is 0 Å². The van der Waals surface area contributed by atoms with Gasteiger partial charge in [-0.2, -0.15) is 0 Å². The van der Waals surface area contributed by atoms with E-state index in [2.05, 4.69) is 12.2 Å². The standard InChI is InChI=1S/C22H27NO4/c1-3-4-5-6-9-16-27-18-14-12-17(13-15-18)21(24)23-20-11-8-7-10-19(20)22(25)26-2/h7-8,10-15H,3-6,9,16H2,1-2H3,(H,23,24). The fourth-order valence-electron chi connectivity index (χ4n) is 2.67. The summed E-state index contributed by atoms with van der Waals surface area (Å²) >= 11 is 0. The number of nitrogens with one attached hydrogen (secondary N) is 1. The van der Waals surface area contributed by atoms with E-state index in [0.29, 0.717) is 23.4 Å². The Bertz CT molecular complexity index is 740. The largest absolute Gasteiger partial charge is 0.494 e. The van der Waals surface area contributed by atoms with Gasteiger partial charge in [-0.1, -0.05) is 44.7 Å². The first-order valence-corrected chi connectivity index (χ1v) is 9.37. The van der Waals surface area contributed by atoms with Crippen molar-refractivity contribution in [2.24, 2.45) is 0 Å². The zero-order valence-corrected chi connectivity index (χ0v) is 16.0. The van der Waals surface area contributed by atoms with Crippen LogP contribution in [0.3, 0.4) is 0 Å². The van der Waals surface area contributed by atoms with Gasteiger partial charge in [0.25, 0.3) is 5.91 Å². The van der Waals surface area contributed by atoms with Crippen molar-refractivity contribution in [3.63, 3.8) is 0 Å². The van der Waals surface area contributed by atoms with Gasteiger partial charge in [-0.3, -0.25) is 4.79 Å². The normalized spacial score (nSPS) is 10.3. The molecule has 2 aromatic rings. The molecule has 0 radical (unpaired) electrons. The summed E-state index contributed by atoms with van der Waals surface area (Å²) in [6.07, 6.45) is 5.95. The van der Waals surface area contributed by atoms with Crippen LogP contribution in [-0.4, -0.2) is 25.6 Å². The number of rotatable bonds is 10. The van der Waals surface area contributed by atoms with E-state index in [0.717, 1.165) is 12.2 Å². The Hall–Kier alpha value is -2.82. The Kier molecular flexibility index (Phi) is 8.36. The molecule has 0 aliphatic carbocycles. The molecule has 27 heavy (non-hydrogen) atoms. The molecule has 0 heterocycles. The maximum Gasteiger partial charge on any atom is 0.339 e. The SMILES string of the molecule is CCCCCCCOc1ccc(C(=O)Nc2ccccc2C(=O)OC)cc1. The molecule has 0 aliphatic heterocycles. The highest BCUT2D eigenvalue weighted by atomic mass is 16.5. The lowest BCUT2D eigenvalue weighted by molar-refractivity contribution is 0.0602. The molecular formula is C22H27NO4. The summed E-state index contributed by atoms with van der Waals surface area (Å²) < 4.78 is 10.5. The molecule has 0 aliphatic rings. The smallest absolute Gasteiger partial charge is 0.339 e. The van der Waals surface area contributed by atoms with Gasteiger partial charge in [-0.05, 0) is 42.8 Å². The van der Waals surface area contributed by atoms with E-state index >= 15 is 0 Å². The highest BCUT2D eigenvalue weighted by Crippen LogP contribution is 2.18. The van der Waals surface area contributed by atoms with Crippen molar-refractivity contribution in [2.75, 3.05) is 19.0 Å². The number of benzene rings is 2. The van der Waals surface area contributed by atoms with Crippen LogP contribution in [-0.2, 0) is 4.74 Å². The number of amides is 1. The molecule has 0 aromatic heterocycles. The topological polar surface area (TPSA) is 64.6 Å². The van der Waals surface area contributed by atoms with Gasteiger partial charge in [0, 0.05) is 5.56 Å². The number of esters is 1. The van der Waals surface area contributed by atoms with E-state index < -0.39 is 5.97 Å². The zero-order chi connectivity index (χ0) is 19.5. The number of carbonyl (C=O) groups excluding carboxylic acids is 2. The minimum absolute atomic E-state index is 0.294. The highest BCUT2D eigenvalue weighted by molar-refractivity contribution is 6.08. The molecule has 0 saturated carbocycles. The number of unbranched alkanes of at least 4 members (excludes halogenated alkanes) is 4. The quantitative estimate of drug-likeness (QED) is 0.469. The lowest BCUT2D eigenvalue weighted by Crippen LogP contribution is -2.15. The fourth-order valence-corrected chi connectivity index (χ4v) is 2.67. The molecule has 0 saturated heterocycles. The number of hydrogen-bond donors (Lipinski definition) is 1. The van der Waals surface area contributed by atoms with Crippen LogP contribution in [0, 0.1) is 0 Å². The van der Waals surface area contributed by atoms with Gasteiger partial charge < -0.3 is 14.8 Å². The lowest BCUT2D eigenvalue weighted by Gasteiger charge is -2.10. The molecule has 1 amide bonds. The fraction of sp³-hybridized carbons (Fsp3) is 0.364. The minimum atomic E-state index is -0.492. The average molecular weight is 369 g/mol. The number of ether oxygens (including phenoxy) is 2. The number of para-hydroxylation sites is 1. The van der Waals surface area contributed by atoms with Crippen LogP contribution < -0.4 is 10.1 Å². The predicted molar refractivity (Wildman–Crippen MR) is 106 cm³/mol. The summed E-state index contributed by atoms with van der Waals surface area (Å²) in [5.41, 5.74) is 1.23. The molecule has 1 N–H and O–H groups in total. The highest BCUT2D eigenvalue weighted by Gasteiger charge is 2.14. The first-order chi connectivity index (χ1) is 13.2. The predicted octanol–water partition coefficient (Wildman–Crippen LogP) is 5.07. The van der Waals surface area contributed by atoms with Gasteiger partial charge in [0.05, 0.1) is 25.0 Å². The summed E-state index contributed by atoms with van der Waals surface area (Å²) in [6, 6.07) is 13.7. The summed E-state index contributed by atoms with van der Waals surface area (Å²) in [5, 5.41) is 2.75. The van der Waals surface area contributed by atoms with E-state index in [1.54, 1.807) is 48.5 Å². The van der Waals surface area contributed by atoms with Crippen LogP contribution in [0.15, 0.2) is 48.5 Å². The number of anilines is 1. The van der Waals surface area contributed by atoms with Gasteiger partial charge in [0.1, 0.15) is 5.75 Å². The van der Waals surface area contributed by atoms with Crippen LogP contribution in [0.2, 0.25) is 0 Å². The molecule has 2 rings (SSSR count). The third-order valence-electron chi connectivity index (χ3n) is 4.21. The van der Waals surface area contributed by atoms with Crippen molar-refractivity contribution < 1.29 is 19.1 Å². The summed E-state index contributed by atoms with van der Waals surface area (Å²) in [4.78, 5) is 24.2. The Morgan fingerprint density at radius 3 is 2.33 bits per heavy atom. The van der Waals surface area contributed by atoms with Gasteiger partial charge in [0.2, 0.25) is 0 Å². The molecule has 0 fully saturated rings. The molecule has 0 atom stereocenters. The van der Waals surface area contributed by atoms with Crippen molar-refractivity contribution in [1.82, 2.24) is 0 Å². The first-order valence-electron chi connectivity index (χ1n) is 9.37. The third kappa shape index (κ3) is 6.44. The van der Waals surface area contributed by atoms with Crippen molar-refractivity contribution in [2.45, 2.75) is 39.0 Å². The molecule has 5 nitrogen and oxygen atoms in total. The Balaban J connectivity index is 1.90. The van der Waals surface area contributed by atoms with Crippen LogP contribution in [0.1, 0.15) is 59.7 Å². The molecule has 0 unspecified atom stereocenters. The monoisotopic (exact) mass is 369 g/mol. The van der Waals surface area contributed by atoms with Gasteiger partial charge >= 0.3 is 5.97 Å². The van der Waals surface area contributed by atoms with Gasteiger partial charge in [0.15, 0.2) is 0 Å². The second kappa shape index (κ2) is 11.0. The van der Waals surface area contributed by atoms with Gasteiger partial charge in [-0.15, -0.1) is 0 Å². The zero-order valence-electron chi connectivity index (χ0n) is 16.0. The van der Waals surface area contributed by atoms with Crippen molar-refractivity contribution >= 4 is 17.6 Å². The van der Waals surface area contributed by atoms with Crippen molar-refractivity contribution in [3.8, 4) is 5.75 Å². The molecule has 144 valence electrons. The van der Waals surface area contributed by atoms with E-state index in [-0.39, 0.29) is 5.91 Å². The van der Waals surface area contributed by atoms with E-state index in [9.17, 15) is 9.59 Å². The molecular weight excluding hydrogens is 342 g/mol. The van der Waals surface area contributed by atoms with Crippen LogP contribution in [0.4, 0.5) is 5.69 Å². The minimum Gasteiger partial charge on any atom is -0.494 e. The second-order valence-corrected chi connectivity index (χ2v) is 6.28. The Morgan fingerprint density at radius 2 is 1.63 bits per heavy atom. The maximum absolute atomic E-state index is 12.4. The van der Waals surface area contributed by atoms with Crippen LogP contribution in [0.5, 0.6) is 5.75 Å².